The van der Waals surface area contributed by atoms with Crippen LogP contribution in [0.25, 0.3) is 0 Å². The van der Waals surface area contributed by atoms with Crippen LogP contribution in [-0.2, 0) is 14.3 Å². The third kappa shape index (κ3) is 7.81. The van der Waals surface area contributed by atoms with E-state index in [-0.39, 0.29) is 17.9 Å². The predicted octanol–water partition coefficient (Wildman–Crippen LogP) is 4.15. The van der Waals surface area contributed by atoms with Crippen molar-refractivity contribution in [2.45, 2.75) is 90.4 Å². The second-order valence-corrected chi connectivity index (χ2v) is 9.86. The number of nitrogens with zero attached hydrogens (tertiary/aromatic N) is 1. The van der Waals surface area contributed by atoms with Gasteiger partial charge >= 0.3 is 6.09 Å². The summed E-state index contributed by atoms with van der Waals surface area (Å²) in [6.45, 7) is 8.83. The summed E-state index contributed by atoms with van der Waals surface area (Å²) in [5, 5.41) is 5.72. The van der Waals surface area contributed by atoms with Crippen LogP contribution in [-0.4, -0.2) is 40.5 Å². The van der Waals surface area contributed by atoms with E-state index in [1.54, 1.807) is 58.9 Å². The molecule has 7 nitrogen and oxygen atoms in total. The fourth-order valence-electron chi connectivity index (χ4n) is 3.94. The summed E-state index contributed by atoms with van der Waals surface area (Å²) in [5.41, 5.74) is -0.107. The number of benzene rings is 1. The maximum Gasteiger partial charge on any atom is 0.408 e. The third-order valence-electron chi connectivity index (χ3n) is 5.55. The van der Waals surface area contributed by atoms with Gasteiger partial charge in [-0.1, -0.05) is 69.9 Å². The van der Waals surface area contributed by atoms with Crippen molar-refractivity contribution in [3.05, 3.63) is 35.9 Å². The van der Waals surface area contributed by atoms with Crippen LogP contribution in [0.2, 0.25) is 0 Å². The minimum absolute atomic E-state index is 0.0629. The van der Waals surface area contributed by atoms with Gasteiger partial charge in [-0.05, 0) is 45.1 Å². The number of amides is 3. The zero-order valence-electron chi connectivity index (χ0n) is 20.4. The van der Waals surface area contributed by atoms with Crippen molar-refractivity contribution in [2.75, 3.05) is 0 Å². The first-order chi connectivity index (χ1) is 15.5. The number of terminal acetylenes is 1. The molecule has 0 aliphatic heterocycles. The van der Waals surface area contributed by atoms with E-state index >= 15 is 0 Å². The topological polar surface area (TPSA) is 87.7 Å². The van der Waals surface area contributed by atoms with E-state index in [9.17, 15) is 14.4 Å². The Hall–Kier alpha value is -3.01. The number of ether oxygens (including phenoxy) is 1. The van der Waals surface area contributed by atoms with E-state index in [2.05, 4.69) is 16.7 Å². The number of hydrogen-bond acceptors (Lipinski definition) is 4. The van der Waals surface area contributed by atoms with E-state index in [4.69, 9.17) is 11.2 Å². The molecule has 0 radical (unpaired) electrons. The molecular weight excluding hydrogens is 418 g/mol. The van der Waals surface area contributed by atoms with Gasteiger partial charge in [0.2, 0.25) is 5.91 Å². The number of carbonyl (C=O) groups excluding carboxylic acids is 3. The van der Waals surface area contributed by atoms with Crippen molar-refractivity contribution in [1.29, 1.82) is 0 Å². The summed E-state index contributed by atoms with van der Waals surface area (Å²) in [7, 11) is 0. The lowest BCUT2D eigenvalue weighted by atomic mass is 9.94. The summed E-state index contributed by atoms with van der Waals surface area (Å²) in [4.78, 5) is 40.5. The maximum absolute atomic E-state index is 13.6. The van der Waals surface area contributed by atoms with Gasteiger partial charge in [0.15, 0.2) is 0 Å². The van der Waals surface area contributed by atoms with E-state index in [1.807, 2.05) is 6.07 Å². The van der Waals surface area contributed by atoms with Crippen LogP contribution in [0.4, 0.5) is 4.79 Å². The zero-order chi connectivity index (χ0) is 24.6. The molecule has 1 fully saturated rings. The van der Waals surface area contributed by atoms with Crippen LogP contribution >= 0.6 is 0 Å². The van der Waals surface area contributed by atoms with Crippen molar-refractivity contribution in [2.24, 2.45) is 5.92 Å². The van der Waals surface area contributed by atoms with Gasteiger partial charge in [-0.15, -0.1) is 0 Å². The van der Waals surface area contributed by atoms with Gasteiger partial charge in [-0.3, -0.25) is 14.5 Å². The van der Waals surface area contributed by atoms with Crippen LogP contribution in [0.1, 0.15) is 78.3 Å². The molecule has 1 aliphatic carbocycles. The molecule has 2 atom stereocenters. The summed E-state index contributed by atoms with van der Waals surface area (Å²) >= 11 is 0. The number of rotatable bonds is 7. The highest BCUT2D eigenvalue weighted by molar-refractivity contribution is 5.93. The molecule has 1 saturated carbocycles. The maximum atomic E-state index is 13.6. The lowest BCUT2D eigenvalue weighted by molar-refractivity contribution is -0.139. The molecule has 0 aromatic heterocycles. The molecule has 0 heterocycles. The van der Waals surface area contributed by atoms with E-state index in [0.717, 1.165) is 37.0 Å². The Bertz CT molecular complexity index is 849. The van der Waals surface area contributed by atoms with Crippen LogP contribution in [0.3, 0.4) is 0 Å². The summed E-state index contributed by atoms with van der Waals surface area (Å²) in [5.74, 6) is -1.14. The molecular formula is C26H37N3O4. The largest absolute Gasteiger partial charge is 0.444 e. The molecule has 0 spiro atoms. The first kappa shape index (κ1) is 26.2. The van der Waals surface area contributed by atoms with Gasteiger partial charge in [0.05, 0.1) is 0 Å². The molecule has 33 heavy (non-hydrogen) atoms. The highest BCUT2D eigenvalue weighted by atomic mass is 16.6. The molecule has 7 heteroatoms. The number of alkyl carbamates (subject to hydrolysis) is 1. The van der Waals surface area contributed by atoms with E-state index in [0.29, 0.717) is 5.56 Å². The SMILES string of the molecule is C#CN(C(=O)C(NC(=O)OC(C)(C)C)C(C)C)C(C(=O)NC1CCCCC1)c1ccccc1. The third-order valence-corrected chi connectivity index (χ3v) is 5.55. The Kier molecular flexibility index (Phi) is 9.33. The van der Waals surface area contributed by atoms with Gasteiger partial charge in [-0.2, -0.15) is 0 Å². The molecule has 3 amide bonds. The quantitative estimate of drug-likeness (QED) is 0.478. The van der Waals surface area contributed by atoms with Crippen LogP contribution in [0, 0.1) is 18.4 Å². The highest BCUT2D eigenvalue weighted by Gasteiger charge is 2.37. The lowest BCUT2D eigenvalue weighted by Gasteiger charge is -2.33. The van der Waals surface area contributed by atoms with Crippen molar-refractivity contribution in [3.8, 4) is 12.5 Å². The molecule has 0 saturated heterocycles. The van der Waals surface area contributed by atoms with Gasteiger partial charge < -0.3 is 15.4 Å². The Labute approximate surface area is 197 Å². The molecule has 2 unspecified atom stereocenters. The minimum Gasteiger partial charge on any atom is -0.444 e. The fraction of sp³-hybridized carbons (Fsp3) is 0.577. The molecule has 180 valence electrons. The fourth-order valence-corrected chi connectivity index (χ4v) is 3.94. The Morgan fingerprint density at radius 2 is 1.70 bits per heavy atom. The highest BCUT2D eigenvalue weighted by Crippen LogP contribution is 2.25. The Morgan fingerprint density at radius 1 is 1.09 bits per heavy atom. The van der Waals surface area contributed by atoms with Crippen LogP contribution in [0.15, 0.2) is 30.3 Å². The second kappa shape index (κ2) is 11.7. The predicted molar refractivity (Wildman–Crippen MR) is 128 cm³/mol. The van der Waals surface area contributed by atoms with Crippen molar-refractivity contribution in [3.63, 3.8) is 0 Å². The minimum atomic E-state index is -1.01. The van der Waals surface area contributed by atoms with Gasteiger partial charge in [0.1, 0.15) is 17.7 Å². The normalized spacial score (nSPS) is 16.3. The first-order valence-electron chi connectivity index (χ1n) is 11.7. The lowest BCUT2D eigenvalue weighted by Crippen LogP contribution is -2.54. The van der Waals surface area contributed by atoms with Crippen LogP contribution in [0.5, 0.6) is 0 Å². The Morgan fingerprint density at radius 3 is 2.21 bits per heavy atom. The number of hydrogen-bond donors (Lipinski definition) is 2. The molecule has 2 rings (SSSR count). The second-order valence-electron chi connectivity index (χ2n) is 9.86. The van der Waals surface area contributed by atoms with Gasteiger partial charge in [-0.25, -0.2) is 4.79 Å². The standard InChI is InChI=1S/C26H37N3O4/c1-7-29(24(31)21(18(2)3)28-25(32)33-26(4,5)6)22(19-14-10-8-11-15-19)23(30)27-20-16-12-9-13-17-20/h1,8,10-11,14-15,18,20-22H,9,12-13,16-17H2,2-6H3,(H,27,30)(H,28,32). The van der Waals surface area contributed by atoms with E-state index in [1.165, 1.54) is 0 Å². The molecule has 1 aliphatic rings. The van der Waals surface area contributed by atoms with Crippen molar-refractivity contribution >= 4 is 17.9 Å². The first-order valence-corrected chi connectivity index (χ1v) is 11.7. The summed E-state index contributed by atoms with van der Waals surface area (Å²) in [6, 6.07) is 9.49. The summed E-state index contributed by atoms with van der Waals surface area (Å²) < 4.78 is 5.32. The van der Waals surface area contributed by atoms with Crippen molar-refractivity contribution < 1.29 is 19.1 Å². The molecule has 2 N–H and O–H groups in total. The average Bonchev–Trinajstić information content (AvgIpc) is 2.75. The summed E-state index contributed by atoms with van der Waals surface area (Å²) in [6.07, 6.45) is 10.2. The number of nitrogens with one attached hydrogen (secondary N) is 2. The van der Waals surface area contributed by atoms with Crippen molar-refractivity contribution in [1.82, 2.24) is 15.5 Å². The average molecular weight is 456 g/mol. The van der Waals surface area contributed by atoms with Crippen LogP contribution < -0.4 is 10.6 Å². The van der Waals surface area contributed by atoms with E-state index < -0.39 is 29.7 Å². The Balaban J connectivity index is 2.31. The van der Waals surface area contributed by atoms with Gasteiger partial charge in [0, 0.05) is 12.1 Å². The number of carbonyl (C=O) groups is 3. The van der Waals surface area contributed by atoms with Gasteiger partial charge in [0.25, 0.3) is 5.91 Å². The smallest absolute Gasteiger partial charge is 0.408 e. The molecule has 0 bridgehead atoms. The zero-order valence-corrected chi connectivity index (χ0v) is 20.4. The molecule has 1 aromatic carbocycles. The molecule has 1 aromatic rings. The monoisotopic (exact) mass is 455 g/mol.